The van der Waals surface area contributed by atoms with Crippen LogP contribution in [0.5, 0.6) is 0 Å². The van der Waals surface area contributed by atoms with Crippen LogP contribution in [0.4, 0.5) is 5.95 Å². The average Bonchev–Trinajstić information content (AvgIpc) is 2.36. The fourth-order valence-corrected chi connectivity index (χ4v) is 1.05. The minimum absolute atomic E-state index is 0.0360. The maximum atomic E-state index is 11.3. The summed E-state index contributed by atoms with van der Waals surface area (Å²) >= 11 is 0. The first-order valence-electron chi connectivity index (χ1n) is 4.92. The van der Waals surface area contributed by atoms with E-state index in [-0.39, 0.29) is 13.2 Å². The molecule has 0 amide bonds. The second kappa shape index (κ2) is 6.37. The fraction of sp³-hybridized carbons (Fsp3) is 0.273. The summed E-state index contributed by atoms with van der Waals surface area (Å²) in [6.07, 6.45) is 4.93. The van der Waals surface area contributed by atoms with Crippen molar-refractivity contribution in [3.05, 3.63) is 30.6 Å². The number of hydrogen-bond donors (Lipinski definition) is 0. The molecule has 0 unspecified atom stereocenters. The third-order valence-electron chi connectivity index (χ3n) is 1.86. The zero-order chi connectivity index (χ0) is 12.7. The first-order chi connectivity index (χ1) is 8.17. The van der Waals surface area contributed by atoms with Gasteiger partial charge in [-0.2, -0.15) is 0 Å². The van der Waals surface area contributed by atoms with E-state index in [1.54, 1.807) is 7.05 Å². The highest BCUT2D eigenvalue weighted by Crippen LogP contribution is 2.03. The highest BCUT2D eigenvalue weighted by Gasteiger charge is 2.10. The number of nitrogens with zero attached hydrogens (tertiary/aromatic N) is 3. The molecule has 0 fully saturated rings. The molecule has 1 aromatic heterocycles. The summed E-state index contributed by atoms with van der Waals surface area (Å²) in [6.45, 7) is 3.65. The maximum absolute atomic E-state index is 11.3. The van der Waals surface area contributed by atoms with E-state index in [0.29, 0.717) is 17.8 Å². The number of rotatable bonds is 6. The maximum Gasteiger partial charge on any atom is 0.325 e. The topological polar surface area (TPSA) is 72.4 Å². The van der Waals surface area contributed by atoms with Crippen molar-refractivity contribution in [2.24, 2.45) is 0 Å². The predicted octanol–water partition coefficient (Wildman–Crippen LogP) is 0.454. The van der Waals surface area contributed by atoms with E-state index in [4.69, 9.17) is 4.74 Å². The third-order valence-corrected chi connectivity index (χ3v) is 1.86. The van der Waals surface area contributed by atoms with Crippen molar-refractivity contribution in [1.82, 2.24) is 9.97 Å². The van der Waals surface area contributed by atoms with Crippen LogP contribution in [0.2, 0.25) is 0 Å². The van der Waals surface area contributed by atoms with Gasteiger partial charge in [-0.25, -0.2) is 9.97 Å². The zero-order valence-corrected chi connectivity index (χ0v) is 9.50. The van der Waals surface area contributed by atoms with Gasteiger partial charge in [-0.15, -0.1) is 0 Å². The SMILES string of the molecule is C=CCOC(=O)CN(C)c1ncc(C=O)cn1. The Hall–Kier alpha value is -2.24. The lowest BCUT2D eigenvalue weighted by Crippen LogP contribution is -2.28. The molecule has 6 nitrogen and oxygen atoms in total. The smallest absolute Gasteiger partial charge is 0.325 e. The monoisotopic (exact) mass is 235 g/mol. The number of carbonyl (C=O) groups is 2. The summed E-state index contributed by atoms with van der Waals surface area (Å²) < 4.78 is 4.82. The van der Waals surface area contributed by atoms with Gasteiger partial charge in [0, 0.05) is 19.4 Å². The average molecular weight is 235 g/mol. The predicted molar refractivity (Wildman–Crippen MR) is 61.8 cm³/mol. The molecule has 0 spiro atoms. The molecular formula is C11H13N3O3. The van der Waals surface area contributed by atoms with Crippen molar-refractivity contribution in [2.75, 3.05) is 25.1 Å². The van der Waals surface area contributed by atoms with Crippen LogP contribution in [0.25, 0.3) is 0 Å². The zero-order valence-electron chi connectivity index (χ0n) is 9.50. The Morgan fingerprint density at radius 3 is 2.71 bits per heavy atom. The van der Waals surface area contributed by atoms with Crippen LogP contribution in [-0.2, 0) is 9.53 Å². The van der Waals surface area contributed by atoms with E-state index in [1.807, 2.05) is 0 Å². The number of hydrogen-bond acceptors (Lipinski definition) is 6. The van der Waals surface area contributed by atoms with E-state index in [0.717, 1.165) is 0 Å². The standard InChI is InChI=1S/C11H13N3O3/c1-3-4-17-10(16)7-14(2)11-12-5-9(8-15)6-13-11/h3,5-6,8H,1,4,7H2,2H3. The molecule has 0 aliphatic heterocycles. The number of ether oxygens (including phenoxy) is 1. The van der Waals surface area contributed by atoms with Crippen LogP contribution in [0, 0.1) is 0 Å². The molecule has 0 bridgehead atoms. The van der Waals surface area contributed by atoms with Crippen LogP contribution in [0.15, 0.2) is 25.0 Å². The number of anilines is 1. The summed E-state index contributed by atoms with van der Waals surface area (Å²) in [7, 11) is 1.66. The molecule has 0 N–H and O–H groups in total. The highest BCUT2D eigenvalue weighted by atomic mass is 16.5. The van der Waals surface area contributed by atoms with E-state index in [1.165, 1.54) is 23.4 Å². The van der Waals surface area contributed by atoms with E-state index in [9.17, 15) is 9.59 Å². The van der Waals surface area contributed by atoms with Gasteiger partial charge in [0.25, 0.3) is 0 Å². The Morgan fingerprint density at radius 1 is 1.53 bits per heavy atom. The van der Waals surface area contributed by atoms with Gasteiger partial charge in [0.2, 0.25) is 5.95 Å². The number of likely N-dealkylation sites (N-methyl/N-ethyl adjacent to an activating group) is 1. The minimum Gasteiger partial charge on any atom is -0.460 e. The normalized spacial score (nSPS) is 9.47. The Labute approximate surface area is 98.9 Å². The fourth-order valence-electron chi connectivity index (χ4n) is 1.05. The largest absolute Gasteiger partial charge is 0.460 e. The highest BCUT2D eigenvalue weighted by molar-refractivity contribution is 5.75. The Bertz CT molecular complexity index is 403. The molecule has 17 heavy (non-hydrogen) atoms. The van der Waals surface area contributed by atoms with Crippen LogP contribution in [0.3, 0.4) is 0 Å². The van der Waals surface area contributed by atoms with E-state index in [2.05, 4.69) is 16.5 Å². The van der Waals surface area contributed by atoms with Crippen molar-refractivity contribution in [3.8, 4) is 0 Å². The molecule has 0 aliphatic rings. The van der Waals surface area contributed by atoms with Crippen LogP contribution < -0.4 is 4.90 Å². The number of carbonyl (C=O) groups excluding carboxylic acids is 2. The first-order valence-corrected chi connectivity index (χ1v) is 4.92. The molecule has 0 radical (unpaired) electrons. The third kappa shape index (κ3) is 4.02. The van der Waals surface area contributed by atoms with Crippen LogP contribution >= 0.6 is 0 Å². The van der Waals surface area contributed by atoms with Gasteiger partial charge in [0.1, 0.15) is 13.2 Å². The second-order valence-electron chi connectivity index (χ2n) is 3.26. The molecule has 0 aromatic carbocycles. The minimum atomic E-state index is -0.393. The van der Waals surface area contributed by atoms with E-state index < -0.39 is 5.97 Å². The molecular weight excluding hydrogens is 222 g/mol. The first kappa shape index (κ1) is 12.8. The van der Waals surface area contributed by atoms with Gasteiger partial charge in [0.05, 0.1) is 5.56 Å². The lowest BCUT2D eigenvalue weighted by Gasteiger charge is -2.15. The van der Waals surface area contributed by atoms with Crippen molar-refractivity contribution in [2.45, 2.75) is 0 Å². The summed E-state index contributed by atoms with van der Waals surface area (Å²) in [4.78, 5) is 31.1. The molecule has 1 rings (SSSR count). The number of aldehydes is 1. The number of esters is 1. The van der Waals surface area contributed by atoms with E-state index >= 15 is 0 Å². The van der Waals surface area contributed by atoms with Gasteiger partial charge in [-0.1, -0.05) is 12.7 Å². The number of aromatic nitrogens is 2. The van der Waals surface area contributed by atoms with Crippen LogP contribution in [-0.4, -0.2) is 42.4 Å². The molecule has 0 aliphatic carbocycles. The van der Waals surface area contributed by atoms with Crippen molar-refractivity contribution >= 4 is 18.2 Å². The van der Waals surface area contributed by atoms with Crippen molar-refractivity contribution in [1.29, 1.82) is 0 Å². The lowest BCUT2D eigenvalue weighted by atomic mass is 10.4. The van der Waals surface area contributed by atoms with Gasteiger partial charge < -0.3 is 9.64 Å². The summed E-state index contributed by atoms with van der Waals surface area (Å²) in [5.74, 6) is -0.0402. The van der Waals surface area contributed by atoms with Gasteiger partial charge >= 0.3 is 5.97 Å². The quantitative estimate of drug-likeness (QED) is 0.405. The Morgan fingerprint density at radius 2 is 2.18 bits per heavy atom. The summed E-state index contributed by atoms with van der Waals surface area (Å²) in [5.41, 5.74) is 0.386. The summed E-state index contributed by atoms with van der Waals surface area (Å²) in [6, 6.07) is 0. The Kier molecular flexibility index (Phi) is 4.80. The molecule has 1 heterocycles. The lowest BCUT2D eigenvalue weighted by molar-refractivity contribution is -0.140. The molecule has 1 aromatic rings. The molecule has 0 saturated heterocycles. The van der Waals surface area contributed by atoms with Crippen molar-refractivity contribution < 1.29 is 14.3 Å². The second-order valence-corrected chi connectivity index (χ2v) is 3.26. The van der Waals surface area contributed by atoms with Crippen LogP contribution in [0.1, 0.15) is 10.4 Å². The van der Waals surface area contributed by atoms with Gasteiger partial charge in [-0.05, 0) is 0 Å². The van der Waals surface area contributed by atoms with Gasteiger partial charge in [0.15, 0.2) is 6.29 Å². The van der Waals surface area contributed by atoms with Gasteiger partial charge in [-0.3, -0.25) is 9.59 Å². The molecule has 0 atom stereocenters. The molecule has 90 valence electrons. The molecule has 6 heteroatoms. The van der Waals surface area contributed by atoms with Crippen molar-refractivity contribution in [3.63, 3.8) is 0 Å². The molecule has 0 saturated carbocycles. The summed E-state index contributed by atoms with van der Waals surface area (Å²) in [5, 5.41) is 0. The Balaban J connectivity index is 2.56.